The highest BCUT2D eigenvalue weighted by molar-refractivity contribution is 5.93. The molecule has 0 atom stereocenters. The molecule has 1 saturated carbocycles. The number of fused-ring (bicyclic) bond motifs is 1. The molecule has 1 aliphatic heterocycles. The first-order valence-electron chi connectivity index (χ1n) is 8.36. The van der Waals surface area contributed by atoms with Crippen LogP contribution in [-0.4, -0.2) is 35.8 Å². The summed E-state index contributed by atoms with van der Waals surface area (Å²) in [5.74, 6) is 1.86. The molecule has 2 aromatic rings. The van der Waals surface area contributed by atoms with Gasteiger partial charge >= 0.3 is 0 Å². The summed E-state index contributed by atoms with van der Waals surface area (Å²) in [6, 6.07) is 7.53. The van der Waals surface area contributed by atoms with Crippen molar-refractivity contribution in [3.05, 3.63) is 30.0 Å². The van der Waals surface area contributed by atoms with Crippen molar-refractivity contribution in [1.82, 2.24) is 10.1 Å². The standard InChI is InChI=1S/C18H20N2O4/c1-20(13-5-3-2-4-6-13)18(21)14-10-16(24-19-14)12-7-8-15-17(9-12)23-11-22-15/h7-10,13H,2-6,11H2,1H3. The molecular formula is C18H20N2O4. The number of carbonyl (C=O) groups excluding carboxylic acids is 1. The van der Waals surface area contributed by atoms with Gasteiger partial charge in [-0.05, 0) is 31.0 Å². The number of benzene rings is 1. The lowest BCUT2D eigenvalue weighted by Crippen LogP contribution is -2.38. The zero-order valence-electron chi connectivity index (χ0n) is 13.7. The average molecular weight is 328 g/mol. The Bertz CT molecular complexity index is 749. The van der Waals surface area contributed by atoms with Crippen molar-refractivity contribution in [1.29, 1.82) is 0 Å². The molecule has 6 nitrogen and oxygen atoms in total. The summed E-state index contributed by atoms with van der Waals surface area (Å²) in [6.07, 6.45) is 5.76. The second-order valence-corrected chi connectivity index (χ2v) is 6.35. The van der Waals surface area contributed by atoms with E-state index in [9.17, 15) is 4.79 Å². The Hall–Kier alpha value is -2.50. The molecule has 0 bridgehead atoms. The van der Waals surface area contributed by atoms with E-state index in [1.165, 1.54) is 19.3 Å². The van der Waals surface area contributed by atoms with Gasteiger partial charge in [-0.1, -0.05) is 24.4 Å². The van der Waals surface area contributed by atoms with E-state index in [1.807, 2.05) is 25.2 Å². The number of carbonyl (C=O) groups is 1. The van der Waals surface area contributed by atoms with Gasteiger partial charge in [0.15, 0.2) is 23.0 Å². The average Bonchev–Trinajstić information content (AvgIpc) is 3.29. The number of nitrogens with zero attached hydrogens (tertiary/aromatic N) is 2. The first-order chi connectivity index (χ1) is 11.7. The Kier molecular flexibility index (Phi) is 3.88. The van der Waals surface area contributed by atoms with Gasteiger partial charge in [-0.3, -0.25) is 4.79 Å². The fraction of sp³-hybridized carbons (Fsp3) is 0.444. The maximum atomic E-state index is 12.6. The van der Waals surface area contributed by atoms with Crippen LogP contribution in [0.3, 0.4) is 0 Å². The van der Waals surface area contributed by atoms with E-state index in [1.54, 1.807) is 11.0 Å². The third kappa shape index (κ3) is 2.72. The van der Waals surface area contributed by atoms with Crippen molar-refractivity contribution in [3.8, 4) is 22.8 Å². The van der Waals surface area contributed by atoms with Crippen molar-refractivity contribution < 1.29 is 18.8 Å². The number of hydrogen-bond donors (Lipinski definition) is 0. The molecule has 1 aromatic heterocycles. The highest BCUT2D eigenvalue weighted by Gasteiger charge is 2.25. The van der Waals surface area contributed by atoms with E-state index in [2.05, 4.69) is 5.16 Å². The summed E-state index contributed by atoms with van der Waals surface area (Å²) < 4.78 is 16.1. The van der Waals surface area contributed by atoms with E-state index in [0.29, 0.717) is 29.0 Å². The van der Waals surface area contributed by atoms with Gasteiger partial charge in [0.1, 0.15) is 0 Å². The van der Waals surface area contributed by atoms with E-state index in [-0.39, 0.29) is 12.7 Å². The van der Waals surface area contributed by atoms with Crippen LogP contribution in [-0.2, 0) is 0 Å². The third-order valence-electron chi connectivity index (χ3n) is 4.83. The maximum Gasteiger partial charge on any atom is 0.276 e. The Morgan fingerprint density at radius 3 is 2.75 bits per heavy atom. The van der Waals surface area contributed by atoms with Crippen LogP contribution in [0.5, 0.6) is 11.5 Å². The molecule has 2 aliphatic rings. The zero-order valence-corrected chi connectivity index (χ0v) is 13.7. The molecule has 1 fully saturated rings. The van der Waals surface area contributed by atoms with Crippen LogP contribution in [0, 0.1) is 0 Å². The molecule has 4 rings (SSSR count). The molecule has 24 heavy (non-hydrogen) atoms. The van der Waals surface area contributed by atoms with Crippen LogP contribution >= 0.6 is 0 Å². The maximum absolute atomic E-state index is 12.6. The summed E-state index contributed by atoms with van der Waals surface area (Å²) in [7, 11) is 1.85. The topological polar surface area (TPSA) is 64.8 Å². The highest BCUT2D eigenvalue weighted by Crippen LogP contribution is 2.36. The molecule has 1 aromatic carbocycles. The number of ether oxygens (including phenoxy) is 2. The molecular weight excluding hydrogens is 308 g/mol. The molecule has 0 saturated heterocycles. The number of aromatic nitrogens is 1. The Morgan fingerprint density at radius 1 is 1.12 bits per heavy atom. The normalized spacial score (nSPS) is 17.0. The fourth-order valence-electron chi connectivity index (χ4n) is 3.38. The van der Waals surface area contributed by atoms with Crippen molar-refractivity contribution in [2.45, 2.75) is 38.1 Å². The first kappa shape index (κ1) is 15.1. The summed E-state index contributed by atoms with van der Waals surface area (Å²) in [6.45, 7) is 0.227. The monoisotopic (exact) mass is 328 g/mol. The predicted molar refractivity (Wildman–Crippen MR) is 87.0 cm³/mol. The van der Waals surface area contributed by atoms with Gasteiger partial charge in [-0.15, -0.1) is 0 Å². The van der Waals surface area contributed by atoms with Crippen LogP contribution in [0.15, 0.2) is 28.8 Å². The molecule has 0 radical (unpaired) electrons. The van der Waals surface area contributed by atoms with Gasteiger partial charge in [0.25, 0.3) is 5.91 Å². The Balaban J connectivity index is 1.52. The van der Waals surface area contributed by atoms with Gasteiger partial charge in [0.05, 0.1) is 0 Å². The van der Waals surface area contributed by atoms with E-state index in [4.69, 9.17) is 14.0 Å². The lowest BCUT2D eigenvalue weighted by molar-refractivity contribution is 0.0686. The van der Waals surface area contributed by atoms with Gasteiger partial charge in [-0.2, -0.15) is 0 Å². The smallest absolute Gasteiger partial charge is 0.276 e. The molecule has 0 spiro atoms. The van der Waals surface area contributed by atoms with Crippen LogP contribution < -0.4 is 9.47 Å². The van der Waals surface area contributed by atoms with Crippen LogP contribution in [0.1, 0.15) is 42.6 Å². The second kappa shape index (κ2) is 6.19. The Labute approximate surface area is 140 Å². The molecule has 126 valence electrons. The van der Waals surface area contributed by atoms with Crippen LogP contribution in [0.4, 0.5) is 0 Å². The Morgan fingerprint density at radius 2 is 1.92 bits per heavy atom. The van der Waals surface area contributed by atoms with Gasteiger partial charge in [0.2, 0.25) is 6.79 Å². The SMILES string of the molecule is CN(C(=O)c1cc(-c2ccc3c(c2)OCO3)on1)C1CCCCC1. The van der Waals surface area contributed by atoms with Gasteiger partial charge in [0, 0.05) is 24.7 Å². The van der Waals surface area contributed by atoms with E-state index >= 15 is 0 Å². The fourth-order valence-corrected chi connectivity index (χ4v) is 3.38. The van der Waals surface area contributed by atoms with E-state index in [0.717, 1.165) is 18.4 Å². The van der Waals surface area contributed by atoms with Crippen molar-refractivity contribution >= 4 is 5.91 Å². The number of rotatable bonds is 3. The lowest BCUT2D eigenvalue weighted by atomic mass is 9.94. The summed E-state index contributed by atoms with van der Waals surface area (Å²) in [4.78, 5) is 14.4. The van der Waals surface area contributed by atoms with Crippen LogP contribution in [0.2, 0.25) is 0 Å². The molecule has 6 heteroatoms. The number of hydrogen-bond acceptors (Lipinski definition) is 5. The summed E-state index contributed by atoms with van der Waals surface area (Å²) in [5.41, 5.74) is 1.15. The quantitative estimate of drug-likeness (QED) is 0.863. The molecule has 1 amide bonds. The molecule has 2 heterocycles. The third-order valence-corrected chi connectivity index (χ3v) is 4.83. The summed E-state index contributed by atoms with van der Waals surface area (Å²) >= 11 is 0. The van der Waals surface area contributed by atoms with Crippen LogP contribution in [0.25, 0.3) is 11.3 Å². The second-order valence-electron chi connectivity index (χ2n) is 6.35. The highest BCUT2D eigenvalue weighted by atomic mass is 16.7. The first-order valence-corrected chi connectivity index (χ1v) is 8.36. The van der Waals surface area contributed by atoms with Gasteiger partial charge in [-0.25, -0.2) is 0 Å². The lowest BCUT2D eigenvalue weighted by Gasteiger charge is -2.30. The largest absolute Gasteiger partial charge is 0.454 e. The minimum atomic E-state index is -0.0855. The summed E-state index contributed by atoms with van der Waals surface area (Å²) in [5, 5.41) is 3.96. The van der Waals surface area contributed by atoms with Gasteiger partial charge < -0.3 is 18.9 Å². The number of amides is 1. The predicted octanol–water partition coefficient (Wildman–Crippen LogP) is 3.48. The molecule has 1 aliphatic carbocycles. The molecule has 0 N–H and O–H groups in total. The van der Waals surface area contributed by atoms with Crippen molar-refractivity contribution in [2.24, 2.45) is 0 Å². The van der Waals surface area contributed by atoms with Crippen molar-refractivity contribution in [3.63, 3.8) is 0 Å². The minimum Gasteiger partial charge on any atom is -0.454 e. The minimum absolute atomic E-state index is 0.0855. The zero-order chi connectivity index (χ0) is 16.5. The van der Waals surface area contributed by atoms with Crippen molar-refractivity contribution in [2.75, 3.05) is 13.8 Å². The molecule has 0 unspecified atom stereocenters. The van der Waals surface area contributed by atoms with E-state index < -0.39 is 0 Å².